The van der Waals surface area contributed by atoms with Crippen LogP contribution in [0.1, 0.15) is 66.5 Å². The van der Waals surface area contributed by atoms with Crippen molar-refractivity contribution in [3.05, 3.63) is 53.6 Å². The first-order chi connectivity index (χ1) is 14.2. The minimum absolute atomic E-state index is 0. The number of para-hydroxylation sites is 1. The van der Waals surface area contributed by atoms with Crippen molar-refractivity contribution in [3.8, 4) is 17.2 Å². The molecule has 0 aromatic heterocycles. The summed E-state index contributed by atoms with van der Waals surface area (Å²) in [5, 5.41) is 0. The second-order valence-electron chi connectivity index (χ2n) is 9.37. The summed E-state index contributed by atoms with van der Waals surface area (Å²) in [4.78, 5) is 2.63. The standard InChI is InChI=1S/C27H41NO2.ClH/c1-9-23-24(27(7,8)28(18-20(3)4)19-21(5)6)16-17-25(26(23)29-10-2)30-22-14-12-11-13-15-22;/h11-17,20-21H,9-10,18-19H2,1-8H3;1H. The number of benzene rings is 2. The van der Waals surface area contributed by atoms with E-state index in [1.54, 1.807) is 0 Å². The summed E-state index contributed by atoms with van der Waals surface area (Å²) in [5.74, 6) is 3.72. The van der Waals surface area contributed by atoms with Gasteiger partial charge in [-0.05, 0) is 62.8 Å². The van der Waals surface area contributed by atoms with E-state index in [0.29, 0.717) is 18.4 Å². The molecule has 2 rings (SSSR count). The number of rotatable bonds is 11. The quantitative estimate of drug-likeness (QED) is 0.352. The second-order valence-corrected chi connectivity index (χ2v) is 9.37. The lowest BCUT2D eigenvalue weighted by atomic mass is 9.85. The van der Waals surface area contributed by atoms with Crippen LogP contribution in [0.25, 0.3) is 0 Å². The molecule has 3 nitrogen and oxygen atoms in total. The fraction of sp³-hybridized carbons (Fsp3) is 0.556. The first-order valence-corrected chi connectivity index (χ1v) is 11.5. The van der Waals surface area contributed by atoms with Crippen molar-refractivity contribution in [2.24, 2.45) is 11.8 Å². The first-order valence-electron chi connectivity index (χ1n) is 11.5. The van der Waals surface area contributed by atoms with E-state index in [9.17, 15) is 0 Å². The Morgan fingerprint density at radius 1 is 0.871 bits per heavy atom. The molecule has 0 bridgehead atoms. The third-order valence-electron chi connectivity index (χ3n) is 5.46. The summed E-state index contributed by atoms with van der Waals surface area (Å²) in [7, 11) is 0. The number of nitrogens with zero attached hydrogens (tertiary/aromatic N) is 1. The zero-order valence-electron chi connectivity index (χ0n) is 20.7. The van der Waals surface area contributed by atoms with Gasteiger partial charge in [0.1, 0.15) is 5.75 Å². The molecule has 0 atom stereocenters. The van der Waals surface area contributed by atoms with Gasteiger partial charge in [0.25, 0.3) is 0 Å². The molecule has 174 valence electrons. The van der Waals surface area contributed by atoms with Gasteiger partial charge >= 0.3 is 0 Å². The van der Waals surface area contributed by atoms with E-state index in [1.807, 2.05) is 37.3 Å². The Morgan fingerprint density at radius 2 is 1.45 bits per heavy atom. The Bertz CT molecular complexity index is 777. The molecule has 0 fully saturated rings. The molecule has 0 aliphatic heterocycles. The number of hydrogen-bond donors (Lipinski definition) is 0. The number of hydrogen-bond acceptors (Lipinski definition) is 3. The highest BCUT2D eigenvalue weighted by molar-refractivity contribution is 5.85. The summed E-state index contributed by atoms with van der Waals surface area (Å²) >= 11 is 0. The van der Waals surface area contributed by atoms with Crippen molar-refractivity contribution in [2.45, 2.75) is 67.3 Å². The molecule has 0 N–H and O–H groups in total. The SMILES string of the molecule is CCOc1c(Oc2ccccc2)ccc(C(C)(C)N(CC(C)C)CC(C)C)c1CC.Cl. The highest BCUT2D eigenvalue weighted by Gasteiger charge is 2.33. The molecular formula is C27H42ClNO2. The minimum atomic E-state index is -0.100. The van der Waals surface area contributed by atoms with Crippen LogP contribution >= 0.6 is 12.4 Å². The molecule has 0 aliphatic rings. The maximum absolute atomic E-state index is 6.22. The highest BCUT2D eigenvalue weighted by Crippen LogP contribution is 2.42. The van der Waals surface area contributed by atoms with Crippen LogP contribution in [0.15, 0.2) is 42.5 Å². The summed E-state index contributed by atoms with van der Waals surface area (Å²) < 4.78 is 12.4. The second kappa shape index (κ2) is 12.4. The molecule has 2 aromatic carbocycles. The molecular weight excluding hydrogens is 406 g/mol. The summed E-state index contributed by atoms with van der Waals surface area (Å²) in [6.45, 7) is 20.9. The summed E-state index contributed by atoms with van der Waals surface area (Å²) in [6.07, 6.45) is 0.900. The lowest BCUT2D eigenvalue weighted by Gasteiger charge is -2.42. The van der Waals surface area contributed by atoms with Crippen LogP contribution in [0, 0.1) is 11.8 Å². The van der Waals surface area contributed by atoms with Crippen molar-refractivity contribution in [1.82, 2.24) is 4.90 Å². The van der Waals surface area contributed by atoms with Gasteiger partial charge in [-0.15, -0.1) is 12.4 Å². The van der Waals surface area contributed by atoms with Gasteiger partial charge < -0.3 is 9.47 Å². The molecule has 0 saturated heterocycles. The van der Waals surface area contributed by atoms with Gasteiger partial charge in [0.15, 0.2) is 11.5 Å². The van der Waals surface area contributed by atoms with Crippen molar-refractivity contribution < 1.29 is 9.47 Å². The largest absolute Gasteiger partial charge is 0.490 e. The van der Waals surface area contributed by atoms with Gasteiger partial charge in [-0.2, -0.15) is 0 Å². The van der Waals surface area contributed by atoms with Gasteiger partial charge in [0.2, 0.25) is 0 Å². The predicted molar refractivity (Wildman–Crippen MR) is 135 cm³/mol. The molecule has 0 aliphatic carbocycles. The molecule has 0 heterocycles. The molecule has 0 unspecified atom stereocenters. The van der Waals surface area contributed by atoms with Crippen LogP contribution in [0.4, 0.5) is 0 Å². The van der Waals surface area contributed by atoms with Crippen molar-refractivity contribution in [3.63, 3.8) is 0 Å². The fourth-order valence-electron chi connectivity index (χ4n) is 4.11. The zero-order chi connectivity index (χ0) is 22.3. The van der Waals surface area contributed by atoms with Crippen LogP contribution in [0.2, 0.25) is 0 Å². The first kappa shape index (κ1) is 27.3. The lowest BCUT2D eigenvalue weighted by molar-refractivity contribution is 0.0877. The average molecular weight is 448 g/mol. The Labute approximate surface area is 196 Å². The van der Waals surface area contributed by atoms with Crippen LogP contribution in [0.3, 0.4) is 0 Å². The van der Waals surface area contributed by atoms with E-state index in [0.717, 1.165) is 36.8 Å². The Kier molecular flexibility index (Phi) is 10.9. The number of halogens is 1. The van der Waals surface area contributed by atoms with E-state index in [4.69, 9.17) is 9.47 Å². The van der Waals surface area contributed by atoms with Crippen molar-refractivity contribution in [1.29, 1.82) is 0 Å². The normalized spacial score (nSPS) is 11.7. The molecule has 0 saturated carbocycles. The Balaban J connectivity index is 0.00000480. The number of ether oxygens (including phenoxy) is 2. The Morgan fingerprint density at radius 3 is 1.94 bits per heavy atom. The summed E-state index contributed by atoms with van der Waals surface area (Å²) in [6, 6.07) is 14.3. The smallest absolute Gasteiger partial charge is 0.169 e. The van der Waals surface area contributed by atoms with E-state index in [-0.39, 0.29) is 17.9 Å². The van der Waals surface area contributed by atoms with Crippen molar-refractivity contribution >= 4 is 12.4 Å². The van der Waals surface area contributed by atoms with E-state index in [1.165, 1.54) is 11.1 Å². The molecule has 0 radical (unpaired) electrons. The molecule has 0 amide bonds. The van der Waals surface area contributed by atoms with Crippen LogP contribution in [-0.2, 0) is 12.0 Å². The molecule has 4 heteroatoms. The topological polar surface area (TPSA) is 21.7 Å². The Hall–Kier alpha value is -1.71. The zero-order valence-corrected chi connectivity index (χ0v) is 21.5. The third-order valence-corrected chi connectivity index (χ3v) is 5.46. The lowest BCUT2D eigenvalue weighted by Crippen LogP contribution is -2.46. The van der Waals surface area contributed by atoms with Gasteiger partial charge in [-0.3, -0.25) is 4.90 Å². The van der Waals surface area contributed by atoms with E-state index in [2.05, 4.69) is 65.5 Å². The average Bonchev–Trinajstić information content (AvgIpc) is 2.68. The van der Waals surface area contributed by atoms with Gasteiger partial charge in [0, 0.05) is 24.2 Å². The fourth-order valence-corrected chi connectivity index (χ4v) is 4.11. The minimum Gasteiger partial charge on any atom is -0.490 e. The van der Waals surface area contributed by atoms with Crippen LogP contribution in [-0.4, -0.2) is 24.6 Å². The van der Waals surface area contributed by atoms with Gasteiger partial charge in [-0.25, -0.2) is 0 Å². The predicted octanol–water partition coefficient (Wildman–Crippen LogP) is 7.71. The maximum atomic E-state index is 6.22. The van der Waals surface area contributed by atoms with Crippen LogP contribution in [0.5, 0.6) is 17.2 Å². The van der Waals surface area contributed by atoms with E-state index < -0.39 is 0 Å². The van der Waals surface area contributed by atoms with Crippen LogP contribution < -0.4 is 9.47 Å². The maximum Gasteiger partial charge on any atom is 0.169 e. The van der Waals surface area contributed by atoms with Gasteiger partial charge in [0.05, 0.1) is 6.61 Å². The van der Waals surface area contributed by atoms with Gasteiger partial charge in [-0.1, -0.05) is 58.9 Å². The third kappa shape index (κ3) is 7.15. The summed E-state index contributed by atoms with van der Waals surface area (Å²) in [5.41, 5.74) is 2.47. The highest BCUT2D eigenvalue weighted by atomic mass is 35.5. The molecule has 0 spiro atoms. The van der Waals surface area contributed by atoms with Crippen molar-refractivity contribution in [2.75, 3.05) is 19.7 Å². The van der Waals surface area contributed by atoms with E-state index >= 15 is 0 Å². The molecule has 2 aromatic rings. The molecule has 31 heavy (non-hydrogen) atoms. The monoisotopic (exact) mass is 447 g/mol.